The molecule has 4 fully saturated rings. The first-order valence-electron chi connectivity index (χ1n) is 11.4. The number of halogens is 4. The van der Waals surface area contributed by atoms with Gasteiger partial charge in [-0.2, -0.15) is 0 Å². The van der Waals surface area contributed by atoms with Crippen molar-refractivity contribution in [1.82, 2.24) is 10.3 Å². The number of aromatic nitrogens is 1. The van der Waals surface area contributed by atoms with Gasteiger partial charge >= 0.3 is 6.36 Å². The van der Waals surface area contributed by atoms with E-state index in [9.17, 15) is 23.1 Å². The summed E-state index contributed by atoms with van der Waals surface area (Å²) in [6.07, 6.45) is -4.38. The summed E-state index contributed by atoms with van der Waals surface area (Å²) in [4.78, 5) is 17.3. The average Bonchev–Trinajstić information content (AvgIpc) is 3.15. The molecule has 0 radical (unpaired) electrons. The highest BCUT2D eigenvalue weighted by Crippen LogP contribution is 2.62. The number of rotatable bonds is 6. The van der Waals surface area contributed by atoms with Crippen LogP contribution in [0.4, 0.5) is 13.2 Å². The smallest absolute Gasteiger partial charge is 0.480 e. The van der Waals surface area contributed by atoms with Crippen molar-refractivity contribution in [3.8, 4) is 10.9 Å². The van der Waals surface area contributed by atoms with E-state index in [1.807, 2.05) is 5.38 Å². The van der Waals surface area contributed by atoms with E-state index in [0.717, 1.165) is 5.69 Å². The van der Waals surface area contributed by atoms with Gasteiger partial charge in [-0.1, -0.05) is 22.9 Å². The van der Waals surface area contributed by atoms with Crippen molar-refractivity contribution in [2.45, 2.75) is 80.3 Å². The quantitative estimate of drug-likeness (QED) is 0.566. The van der Waals surface area contributed by atoms with Crippen molar-refractivity contribution in [3.05, 3.63) is 39.9 Å². The normalized spacial score (nSPS) is 35.0. The summed E-state index contributed by atoms with van der Waals surface area (Å²) in [5.41, 5.74) is 0.589. The molecule has 1 unspecified atom stereocenters. The number of benzene rings is 1. The van der Waals surface area contributed by atoms with Gasteiger partial charge in [0.25, 0.3) is 11.1 Å². The third-order valence-electron chi connectivity index (χ3n) is 7.32. The van der Waals surface area contributed by atoms with Crippen LogP contribution in [0.1, 0.15) is 61.8 Å². The molecule has 35 heavy (non-hydrogen) atoms. The maximum Gasteiger partial charge on any atom is 0.522 e. The van der Waals surface area contributed by atoms with Crippen molar-refractivity contribution in [2.24, 2.45) is 0 Å². The summed E-state index contributed by atoms with van der Waals surface area (Å²) >= 11 is 7.31. The van der Waals surface area contributed by atoms with Crippen molar-refractivity contribution in [3.63, 3.8) is 0 Å². The predicted molar refractivity (Wildman–Crippen MR) is 119 cm³/mol. The summed E-state index contributed by atoms with van der Waals surface area (Å²) in [6, 6.07) is 4.94. The van der Waals surface area contributed by atoms with Gasteiger partial charge in [0.2, 0.25) is 0 Å². The summed E-state index contributed by atoms with van der Waals surface area (Å²) in [7, 11) is 0. The van der Waals surface area contributed by atoms with Gasteiger partial charge in [0, 0.05) is 47.6 Å². The molecule has 7 rings (SSSR count). The number of hydrogen-bond acceptors (Lipinski definition) is 7. The molecule has 1 aromatic heterocycles. The maximum atomic E-state index is 12.8. The Morgan fingerprint density at radius 2 is 2.00 bits per heavy atom. The molecule has 4 saturated carbocycles. The molecule has 2 atom stereocenters. The van der Waals surface area contributed by atoms with Crippen LogP contribution in [0.5, 0.6) is 10.9 Å². The molecule has 1 aliphatic heterocycles. The van der Waals surface area contributed by atoms with Gasteiger partial charge in [0.15, 0.2) is 6.10 Å². The summed E-state index contributed by atoms with van der Waals surface area (Å²) in [5, 5.41) is 16.3. The number of hydrogen-bond donors (Lipinski definition) is 2. The highest BCUT2D eigenvalue weighted by Gasteiger charge is 2.71. The van der Waals surface area contributed by atoms with Crippen LogP contribution >= 0.6 is 22.9 Å². The number of carbonyl (C=O) groups excluding carboxylic acids is 1. The fourth-order valence-corrected chi connectivity index (χ4v) is 6.67. The van der Waals surface area contributed by atoms with Gasteiger partial charge in [-0.15, -0.1) is 13.2 Å². The highest BCUT2D eigenvalue weighted by atomic mass is 35.5. The number of alkyl halides is 3. The fraction of sp³-hybridized carbons (Fsp3) is 0.565. The second kappa shape index (κ2) is 7.96. The van der Waals surface area contributed by atoms with Crippen molar-refractivity contribution in [1.29, 1.82) is 0 Å². The van der Waals surface area contributed by atoms with Crippen LogP contribution < -0.4 is 14.8 Å². The summed E-state index contributed by atoms with van der Waals surface area (Å²) in [6.45, 7) is 0. The molecule has 0 spiro atoms. The lowest BCUT2D eigenvalue weighted by Gasteiger charge is -2.68. The van der Waals surface area contributed by atoms with Gasteiger partial charge in [-0.3, -0.25) is 9.53 Å². The molecule has 2 heterocycles. The number of carbonyl (C=O) groups is 1. The van der Waals surface area contributed by atoms with E-state index >= 15 is 0 Å². The summed E-state index contributed by atoms with van der Waals surface area (Å²) in [5.74, 6) is 0.129. The van der Waals surface area contributed by atoms with Crippen molar-refractivity contribution in [2.75, 3.05) is 0 Å². The van der Waals surface area contributed by atoms with E-state index in [0.29, 0.717) is 53.6 Å². The monoisotopic (exact) mass is 530 g/mol. The van der Waals surface area contributed by atoms with E-state index in [1.165, 1.54) is 11.3 Å². The molecule has 2 bridgehead atoms. The zero-order chi connectivity index (χ0) is 24.6. The number of fused-ring (bicyclic) bond motifs is 1. The average molecular weight is 531 g/mol. The molecular formula is C23H22ClF3N2O5S. The number of ether oxygens (including phenoxy) is 3. The largest absolute Gasteiger partial charge is 0.522 e. The van der Waals surface area contributed by atoms with E-state index in [1.54, 1.807) is 18.2 Å². The molecule has 2 N–H and O–H groups in total. The minimum absolute atomic E-state index is 0.0541. The van der Waals surface area contributed by atoms with Crippen molar-refractivity contribution >= 4 is 28.8 Å². The Morgan fingerprint density at radius 3 is 2.71 bits per heavy atom. The number of nitrogens with zero attached hydrogens (tertiary/aromatic N) is 1. The van der Waals surface area contributed by atoms with Gasteiger partial charge in [-0.05, 0) is 31.0 Å². The van der Waals surface area contributed by atoms with Crippen LogP contribution in [0.25, 0.3) is 0 Å². The van der Waals surface area contributed by atoms with Crippen LogP contribution in [-0.4, -0.2) is 45.7 Å². The molecule has 1 aromatic carbocycles. The Bertz CT molecular complexity index is 1150. The molecule has 7 nitrogen and oxygen atoms in total. The number of thiazole rings is 1. The first-order valence-corrected chi connectivity index (χ1v) is 12.6. The van der Waals surface area contributed by atoms with Gasteiger partial charge in [0.1, 0.15) is 11.4 Å². The molecule has 0 saturated heterocycles. The van der Waals surface area contributed by atoms with Crippen LogP contribution in [0.2, 0.25) is 5.02 Å². The van der Waals surface area contributed by atoms with E-state index in [2.05, 4.69) is 15.0 Å². The van der Waals surface area contributed by atoms with E-state index < -0.39 is 24.7 Å². The Balaban J connectivity index is 0.989. The Kier molecular flexibility index (Phi) is 5.30. The lowest BCUT2D eigenvalue weighted by atomic mass is 9.46. The van der Waals surface area contributed by atoms with Crippen LogP contribution in [0, 0.1) is 0 Å². The third-order valence-corrected chi connectivity index (χ3v) is 8.29. The fourth-order valence-electron chi connectivity index (χ4n) is 5.64. The maximum absolute atomic E-state index is 12.8. The van der Waals surface area contributed by atoms with Gasteiger partial charge in [0.05, 0.1) is 23.4 Å². The van der Waals surface area contributed by atoms with Crippen LogP contribution in [0.3, 0.4) is 0 Å². The molecule has 4 aliphatic carbocycles. The molecule has 1 amide bonds. The number of aliphatic hydroxyl groups excluding tert-OH is 1. The molecular weight excluding hydrogens is 509 g/mol. The van der Waals surface area contributed by atoms with Crippen LogP contribution in [0.15, 0.2) is 23.6 Å². The molecule has 188 valence electrons. The second-order valence-corrected chi connectivity index (χ2v) is 11.3. The van der Waals surface area contributed by atoms with Crippen molar-refractivity contribution < 1.29 is 37.3 Å². The zero-order valence-corrected chi connectivity index (χ0v) is 19.9. The Hall–Kier alpha value is -2.08. The summed E-state index contributed by atoms with van der Waals surface area (Å²) < 4.78 is 52.8. The number of amides is 1. The molecule has 12 heteroatoms. The standard InChI is InChI=1S/C23H22ClF3N2O5S/c24-12-1-2-17-14(5-12)16(30)6-18(32-17)19(31)29-21-8-22(9-21,10-21)34-20-28-15(7-35-20)11-3-13(4-11)33-23(25,26)27/h1-2,5,7,11,13,16,18,30H,3-4,6,8-10H2,(H,29,31)/t11-,13+,16-,18?,21?,22?/m1/s1. The minimum Gasteiger partial charge on any atom is -0.480 e. The molecule has 2 aromatic rings. The lowest BCUT2D eigenvalue weighted by molar-refractivity contribution is -0.351. The topological polar surface area (TPSA) is 89.9 Å². The minimum atomic E-state index is -4.61. The Labute approximate surface area is 207 Å². The lowest BCUT2D eigenvalue weighted by Crippen LogP contribution is -2.81. The number of aliphatic hydroxyl groups is 1. The van der Waals surface area contributed by atoms with Crippen LogP contribution in [-0.2, 0) is 9.53 Å². The SMILES string of the molecule is O=C(NC12CC(Oc3nc([C@H]4C[C@@H](OC(F)(F)F)C4)cs3)(C1)C2)C1C[C@@H](O)c2cc(Cl)ccc2O1. The Morgan fingerprint density at radius 1 is 1.26 bits per heavy atom. The zero-order valence-electron chi connectivity index (χ0n) is 18.3. The highest BCUT2D eigenvalue weighted by molar-refractivity contribution is 7.11. The third kappa shape index (κ3) is 4.36. The first-order chi connectivity index (χ1) is 16.5. The van der Waals surface area contributed by atoms with Gasteiger partial charge in [-0.25, -0.2) is 4.98 Å². The van der Waals surface area contributed by atoms with E-state index in [-0.39, 0.29) is 29.4 Å². The number of nitrogens with one attached hydrogen (secondary N) is 1. The van der Waals surface area contributed by atoms with E-state index in [4.69, 9.17) is 21.1 Å². The predicted octanol–water partition coefficient (Wildman–Crippen LogP) is 4.63. The second-order valence-electron chi connectivity index (χ2n) is 10.0. The van der Waals surface area contributed by atoms with Gasteiger partial charge < -0.3 is 19.9 Å². The molecule has 5 aliphatic rings. The first kappa shape index (κ1) is 23.3.